The van der Waals surface area contributed by atoms with Crippen LogP contribution < -0.4 is 5.73 Å². The van der Waals surface area contributed by atoms with Crippen molar-refractivity contribution in [3.8, 4) is 0 Å². The first-order valence-electron chi connectivity index (χ1n) is 5.27. The molecule has 0 aliphatic rings. The lowest BCUT2D eigenvalue weighted by molar-refractivity contribution is 0.324. The van der Waals surface area contributed by atoms with Crippen molar-refractivity contribution in [2.75, 3.05) is 20.1 Å². The van der Waals surface area contributed by atoms with Gasteiger partial charge >= 0.3 is 0 Å². The summed E-state index contributed by atoms with van der Waals surface area (Å²) in [6, 6.07) is 6.23. The fourth-order valence-corrected chi connectivity index (χ4v) is 1.69. The molecule has 0 radical (unpaired) electrons. The first kappa shape index (κ1) is 12.5. The minimum Gasteiger partial charge on any atom is -0.330 e. The summed E-state index contributed by atoms with van der Waals surface area (Å²) in [7, 11) is 2.10. The monoisotopic (exact) mass is 226 g/mol. The van der Waals surface area contributed by atoms with Gasteiger partial charge in [0.05, 0.1) is 0 Å². The highest BCUT2D eigenvalue weighted by Crippen LogP contribution is 2.17. The lowest BCUT2D eigenvalue weighted by atomic mass is 10.1. The van der Waals surface area contributed by atoms with Crippen LogP contribution in [0.1, 0.15) is 17.5 Å². The van der Waals surface area contributed by atoms with Crippen molar-refractivity contribution in [3.05, 3.63) is 34.3 Å². The van der Waals surface area contributed by atoms with Gasteiger partial charge in [0.2, 0.25) is 0 Å². The second-order valence-electron chi connectivity index (χ2n) is 3.96. The average molecular weight is 227 g/mol. The summed E-state index contributed by atoms with van der Waals surface area (Å²) in [6.45, 7) is 4.73. The molecule has 0 atom stereocenters. The van der Waals surface area contributed by atoms with Crippen molar-refractivity contribution in [1.82, 2.24) is 4.90 Å². The van der Waals surface area contributed by atoms with Crippen LogP contribution >= 0.6 is 11.6 Å². The molecule has 2 nitrogen and oxygen atoms in total. The van der Waals surface area contributed by atoms with E-state index >= 15 is 0 Å². The van der Waals surface area contributed by atoms with E-state index in [2.05, 4.69) is 24.1 Å². The van der Waals surface area contributed by atoms with Gasteiger partial charge in [-0.15, -0.1) is 0 Å². The Balaban J connectivity index is 2.53. The number of hydrogen-bond donors (Lipinski definition) is 1. The van der Waals surface area contributed by atoms with Gasteiger partial charge in [0.15, 0.2) is 0 Å². The lowest BCUT2D eigenvalue weighted by Crippen LogP contribution is -2.21. The summed E-state index contributed by atoms with van der Waals surface area (Å²) in [5.74, 6) is 0. The number of rotatable bonds is 5. The molecule has 0 aliphatic carbocycles. The molecule has 0 unspecified atom stereocenters. The van der Waals surface area contributed by atoms with E-state index in [1.54, 1.807) is 0 Å². The Bertz CT molecular complexity index is 312. The predicted molar refractivity (Wildman–Crippen MR) is 66.2 cm³/mol. The molecule has 0 spiro atoms. The maximum Gasteiger partial charge on any atom is 0.0438 e. The highest BCUT2D eigenvalue weighted by Gasteiger charge is 2.01. The Morgan fingerprint density at radius 2 is 2.13 bits per heavy atom. The number of aryl methyl sites for hydroxylation is 1. The average Bonchev–Trinajstić information content (AvgIpc) is 2.20. The Hall–Kier alpha value is -0.570. The topological polar surface area (TPSA) is 29.3 Å². The number of hydrogen-bond acceptors (Lipinski definition) is 2. The first-order valence-corrected chi connectivity index (χ1v) is 5.65. The fourth-order valence-electron chi connectivity index (χ4n) is 1.49. The van der Waals surface area contributed by atoms with Gasteiger partial charge in [-0.3, -0.25) is 0 Å². The minimum absolute atomic E-state index is 0.749. The number of nitrogens with zero attached hydrogens (tertiary/aromatic N) is 1. The number of nitrogens with two attached hydrogens (primary N) is 1. The van der Waals surface area contributed by atoms with E-state index in [-0.39, 0.29) is 0 Å². The predicted octanol–water partition coefficient (Wildman–Crippen LogP) is 2.43. The Labute approximate surface area is 97.0 Å². The minimum atomic E-state index is 0.749. The van der Waals surface area contributed by atoms with Gasteiger partial charge in [-0.05, 0) is 50.7 Å². The molecule has 3 heteroatoms. The van der Waals surface area contributed by atoms with Crippen LogP contribution in [0.2, 0.25) is 5.02 Å². The molecule has 0 aromatic heterocycles. The van der Waals surface area contributed by atoms with Gasteiger partial charge in [0.25, 0.3) is 0 Å². The standard InChI is InChI=1S/C12H19ClN2/c1-10-4-5-11(8-12(10)13)9-15(2)7-3-6-14/h4-5,8H,3,6-7,9,14H2,1-2H3. The van der Waals surface area contributed by atoms with Crippen molar-refractivity contribution in [3.63, 3.8) is 0 Å². The fraction of sp³-hybridized carbons (Fsp3) is 0.500. The van der Waals surface area contributed by atoms with E-state index in [9.17, 15) is 0 Å². The molecule has 1 aromatic rings. The molecule has 0 amide bonds. The Morgan fingerprint density at radius 3 is 2.73 bits per heavy atom. The molecule has 0 bridgehead atoms. The van der Waals surface area contributed by atoms with Crippen LogP contribution in [0.25, 0.3) is 0 Å². The zero-order valence-corrected chi connectivity index (χ0v) is 10.2. The molecule has 0 aliphatic heterocycles. The summed E-state index contributed by atoms with van der Waals surface area (Å²) >= 11 is 6.06. The molecule has 1 rings (SSSR count). The molecule has 1 aromatic carbocycles. The van der Waals surface area contributed by atoms with E-state index in [1.807, 2.05) is 13.0 Å². The molecule has 84 valence electrons. The quantitative estimate of drug-likeness (QED) is 0.836. The van der Waals surface area contributed by atoms with Crippen molar-refractivity contribution >= 4 is 11.6 Å². The highest BCUT2D eigenvalue weighted by atomic mass is 35.5. The van der Waals surface area contributed by atoms with E-state index in [1.165, 1.54) is 5.56 Å². The molecular formula is C12H19ClN2. The molecular weight excluding hydrogens is 208 g/mol. The van der Waals surface area contributed by atoms with Crippen LogP contribution in [0.5, 0.6) is 0 Å². The second-order valence-corrected chi connectivity index (χ2v) is 4.37. The van der Waals surface area contributed by atoms with Gasteiger partial charge in [-0.2, -0.15) is 0 Å². The van der Waals surface area contributed by atoms with Gasteiger partial charge in [-0.25, -0.2) is 0 Å². The van der Waals surface area contributed by atoms with Crippen LogP contribution in [0.3, 0.4) is 0 Å². The lowest BCUT2D eigenvalue weighted by Gasteiger charge is -2.16. The van der Waals surface area contributed by atoms with E-state index in [4.69, 9.17) is 17.3 Å². The second kappa shape index (κ2) is 6.11. The number of halogens is 1. The van der Waals surface area contributed by atoms with Gasteiger partial charge < -0.3 is 10.6 Å². The van der Waals surface area contributed by atoms with Gasteiger partial charge in [0.1, 0.15) is 0 Å². The van der Waals surface area contributed by atoms with Crippen molar-refractivity contribution in [2.45, 2.75) is 19.9 Å². The Morgan fingerprint density at radius 1 is 1.40 bits per heavy atom. The zero-order chi connectivity index (χ0) is 11.3. The van der Waals surface area contributed by atoms with Gasteiger partial charge in [0, 0.05) is 11.6 Å². The molecule has 0 saturated carbocycles. The van der Waals surface area contributed by atoms with Gasteiger partial charge in [-0.1, -0.05) is 23.7 Å². The third-order valence-corrected chi connectivity index (χ3v) is 2.84. The third kappa shape index (κ3) is 4.20. The maximum atomic E-state index is 6.06. The smallest absolute Gasteiger partial charge is 0.0438 e. The summed E-state index contributed by atoms with van der Waals surface area (Å²) in [6.07, 6.45) is 1.04. The SMILES string of the molecule is Cc1ccc(CN(C)CCCN)cc1Cl. The van der Waals surface area contributed by atoms with Crippen molar-refractivity contribution in [2.24, 2.45) is 5.73 Å². The summed E-state index contributed by atoms with van der Waals surface area (Å²) in [4.78, 5) is 2.26. The van der Waals surface area contributed by atoms with E-state index in [0.717, 1.165) is 36.6 Å². The highest BCUT2D eigenvalue weighted by molar-refractivity contribution is 6.31. The van der Waals surface area contributed by atoms with Crippen molar-refractivity contribution < 1.29 is 0 Å². The normalized spacial score (nSPS) is 11.0. The van der Waals surface area contributed by atoms with E-state index < -0.39 is 0 Å². The van der Waals surface area contributed by atoms with E-state index in [0.29, 0.717) is 0 Å². The third-order valence-electron chi connectivity index (χ3n) is 2.43. The van der Waals surface area contributed by atoms with Crippen LogP contribution in [0.15, 0.2) is 18.2 Å². The molecule has 2 N–H and O–H groups in total. The Kier molecular flexibility index (Phi) is 5.09. The maximum absolute atomic E-state index is 6.06. The van der Waals surface area contributed by atoms with Crippen molar-refractivity contribution in [1.29, 1.82) is 0 Å². The molecule has 15 heavy (non-hydrogen) atoms. The van der Waals surface area contributed by atoms with Crippen LogP contribution in [-0.2, 0) is 6.54 Å². The largest absolute Gasteiger partial charge is 0.330 e. The van der Waals surface area contributed by atoms with Crippen LogP contribution in [0, 0.1) is 6.92 Å². The molecule has 0 heterocycles. The first-order chi connectivity index (χ1) is 7.13. The number of benzene rings is 1. The zero-order valence-electron chi connectivity index (χ0n) is 9.46. The summed E-state index contributed by atoms with van der Waals surface area (Å²) in [5.41, 5.74) is 7.85. The summed E-state index contributed by atoms with van der Waals surface area (Å²) < 4.78 is 0. The van der Waals surface area contributed by atoms with Crippen LogP contribution in [0.4, 0.5) is 0 Å². The van der Waals surface area contributed by atoms with Crippen LogP contribution in [-0.4, -0.2) is 25.0 Å². The molecule has 0 fully saturated rings. The molecule has 0 saturated heterocycles. The summed E-state index contributed by atoms with van der Waals surface area (Å²) in [5, 5.41) is 0.847.